The minimum absolute atomic E-state index is 0.189. The van der Waals surface area contributed by atoms with Crippen LogP contribution in [0.5, 0.6) is 0 Å². The minimum atomic E-state index is -0.524. The second-order valence-electron chi connectivity index (χ2n) is 5.09. The number of para-hydroxylation sites is 1. The van der Waals surface area contributed by atoms with E-state index >= 15 is 0 Å². The summed E-state index contributed by atoms with van der Waals surface area (Å²) in [5.41, 5.74) is 2.04. The van der Waals surface area contributed by atoms with Crippen LogP contribution in [0.4, 0.5) is 0 Å². The zero-order valence-corrected chi connectivity index (χ0v) is 12.7. The number of rotatable bonds is 6. The van der Waals surface area contributed by atoms with Crippen molar-refractivity contribution < 1.29 is 9.59 Å². The van der Waals surface area contributed by atoms with Crippen molar-refractivity contribution in [1.29, 1.82) is 0 Å². The molecule has 0 aliphatic carbocycles. The Morgan fingerprint density at radius 1 is 1.27 bits per heavy atom. The van der Waals surface area contributed by atoms with E-state index in [4.69, 9.17) is 0 Å². The molecule has 6 heteroatoms. The van der Waals surface area contributed by atoms with E-state index < -0.39 is 6.04 Å². The van der Waals surface area contributed by atoms with Crippen LogP contribution in [0.3, 0.4) is 0 Å². The van der Waals surface area contributed by atoms with Crippen LogP contribution in [-0.4, -0.2) is 34.2 Å². The van der Waals surface area contributed by atoms with Crippen LogP contribution in [0.15, 0.2) is 42.7 Å². The summed E-state index contributed by atoms with van der Waals surface area (Å²) in [7, 11) is 0. The third-order valence-corrected chi connectivity index (χ3v) is 3.18. The van der Waals surface area contributed by atoms with Gasteiger partial charge in [-0.1, -0.05) is 18.2 Å². The standard InChI is InChI=1S/C16H20N4O2/c1-12(19-13(2)21)16(22)17-9-8-14-10-18-20(11-14)15-6-4-3-5-7-15/h3-7,10-12H,8-9H2,1-2H3,(H,17,22)(H,19,21). The van der Waals surface area contributed by atoms with Gasteiger partial charge in [0.15, 0.2) is 0 Å². The Hall–Kier alpha value is -2.63. The monoisotopic (exact) mass is 300 g/mol. The van der Waals surface area contributed by atoms with Crippen LogP contribution in [0.2, 0.25) is 0 Å². The lowest BCUT2D eigenvalue weighted by Gasteiger charge is -2.12. The van der Waals surface area contributed by atoms with Gasteiger partial charge in [-0.05, 0) is 31.0 Å². The van der Waals surface area contributed by atoms with Crippen LogP contribution in [-0.2, 0) is 16.0 Å². The highest BCUT2D eigenvalue weighted by atomic mass is 16.2. The summed E-state index contributed by atoms with van der Waals surface area (Å²) >= 11 is 0. The molecular formula is C16H20N4O2. The predicted octanol–water partition coefficient (Wildman–Crippen LogP) is 1.06. The quantitative estimate of drug-likeness (QED) is 0.837. The van der Waals surface area contributed by atoms with Gasteiger partial charge in [-0.25, -0.2) is 4.68 Å². The number of hydrogen-bond acceptors (Lipinski definition) is 3. The normalized spacial score (nSPS) is 11.7. The smallest absolute Gasteiger partial charge is 0.242 e. The van der Waals surface area contributed by atoms with Crippen molar-refractivity contribution in [2.24, 2.45) is 0 Å². The van der Waals surface area contributed by atoms with Crippen molar-refractivity contribution in [2.45, 2.75) is 26.3 Å². The Labute approximate surface area is 129 Å². The molecule has 2 amide bonds. The largest absolute Gasteiger partial charge is 0.354 e. The molecule has 0 radical (unpaired) electrons. The number of nitrogens with zero attached hydrogens (tertiary/aromatic N) is 2. The van der Waals surface area contributed by atoms with Crippen molar-refractivity contribution in [3.63, 3.8) is 0 Å². The average molecular weight is 300 g/mol. The Kier molecular flexibility index (Phi) is 5.30. The van der Waals surface area contributed by atoms with E-state index in [0.29, 0.717) is 13.0 Å². The topological polar surface area (TPSA) is 76.0 Å². The molecule has 116 valence electrons. The van der Waals surface area contributed by atoms with Crippen molar-refractivity contribution >= 4 is 11.8 Å². The molecular weight excluding hydrogens is 280 g/mol. The van der Waals surface area contributed by atoms with Crippen LogP contribution >= 0.6 is 0 Å². The van der Waals surface area contributed by atoms with Gasteiger partial charge in [0.25, 0.3) is 0 Å². The number of hydrogen-bond donors (Lipinski definition) is 2. The Balaban J connectivity index is 1.82. The Morgan fingerprint density at radius 3 is 2.68 bits per heavy atom. The first kappa shape index (κ1) is 15.8. The molecule has 2 rings (SSSR count). The molecule has 1 aromatic carbocycles. The van der Waals surface area contributed by atoms with Gasteiger partial charge in [0.05, 0.1) is 11.9 Å². The van der Waals surface area contributed by atoms with Crippen molar-refractivity contribution in [3.8, 4) is 5.69 Å². The van der Waals surface area contributed by atoms with Gasteiger partial charge >= 0.3 is 0 Å². The molecule has 0 aliphatic rings. The van der Waals surface area contributed by atoms with E-state index in [0.717, 1.165) is 11.3 Å². The van der Waals surface area contributed by atoms with E-state index in [1.165, 1.54) is 6.92 Å². The third-order valence-electron chi connectivity index (χ3n) is 3.18. The number of benzene rings is 1. The van der Waals surface area contributed by atoms with Crippen molar-refractivity contribution in [3.05, 3.63) is 48.3 Å². The van der Waals surface area contributed by atoms with Crippen molar-refractivity contribution in [1.82, 2.24) is 20.4 Å². The number of amides is 2. The fourth-order valence-corrected chi connectivity index (χ4v) is 2.06. The maximum atomic E-state index is 11.7. The molecule has 0 aliphatic heterocycles. The van der Waals surface area contributed by atoms with Crippen molar-refractivity contribution in [2.75, 3.05) is 6.54 Å². The summed E-state index contributed by atoms with van der Waals surface area (Å²) in [6.07, 6.45) is 4.42. The molecule has 6 nitrogen and oxygen atoms in total. The summed E-state index contributed by atoms with van der Waals surface area (Å²) in [5.74, 6) is -0.405. The summed E-state index contributed by atoms with van der Waals surface area (Å²) in [4.78, 5) is 22.6. The van der Waals surface area contributed by atoms with Crippen LogP contribution < -0.4 is 10.6 Å². The zero-order valence-electron chi connectivity index (χ0n) is 12.7. The first-order chi connectivity index (χ1) is 10.6. The van der Waals surface area contributed by atoms with Gasteiger partial charge in [-0.3, -0.25) is 9.59 Å². The lowest BCUT2D eigenvalue weighted by Crippen LogP contribution is -2.44. The molecule has 1 atom stereocenters. The van der Waals surface area contributed by atoms with Gasteiger partial charge in [-0.15, -0.1) is 0 Å². The summed E-state index contributed by atoms with van der Waals surface area (Å²) in [6.45, 7) is 3.55. The maximum Gasteiger partial charge on any atom is 0.242 e. The van der Waals surface area contributed by atoms with Gasteiger partial charge in [-0.2, -0.15) is 5.10 Å². The minimum Gasteiger partial charge on any atom is -0.354 e. The molecule has 0 fully saturated rings. The van der Waals surface area contributed by atoms with E-state index in [1.54, 1.807) is 17.8 Å². The molecule has 0 saturated carbocycles. The Bertz CT molecular complexity index is 637. The Morgan fingerprint density at radius 2 is 2.00 bits per heavy atom. The molecule has 2 aromatic rings. The molecule has 1 aromatic heterocycles. The lowest BCUT2D eigenvalue weighted by molar-refractivity contribution is -0.127. The molecule has 1 heterocycles. The third kappa shape index (κ3) is 4.44. The van der Waals surface area contributed by atoms with Crippen LogP contribution in [0.1, 0.15) is 19.4 Å². The maximum absolute atomic E-state index is 11.7. The molecule has 1 unspecified atom stereocenters. The number of carbonyl (C=O) groups is 2. The van der Waals surface area contributed by atoms with E-state index in [2.05, 4.69) is 15.7 Å². The molecule has 0 spiro atoms. The van der Waals surface area contributed by atoms with Crippen LogP contribution in [0.25, 0.3) is 5.69 Å². The lowest BCUT2D eigenvalue weighted by atomic mass is 10.2. The van der Waals surface area contributed by atoms with E-state index in [1.807, 2.05) is 36.5 Å². The summed E-state index contributed by atoms with van der Waals surface area (Å²) in [5, 5.41) is 9.65. The average Bonchev–Trinajstić information content (AvgIpc) is 2.96. The zero-order chi connectivity index (χ0) is 15.9. The van der Waals surface area contributed by atoms with Crippen LogP contribution in [0, 0.1) is 0 Å². The first-order valence-electron chi connectivity index (χ1n) is 7.20. The molecule has 0 bridgehead atoms. The van der Waals surface area contributed by atoms with E-state index in [-0.39, 0.29) is 11.8 Å². The molecule has 22 heavy (non-hydrogen) atoms. The second-order valence-corrected chi connectivity index (χ2v) is 5.09. The fourth-order valence-electron chi connectivity index (χ4n) is 2.06. The van der Waals surface area contributed by atoms with Gasteiger partial charge in [0, 0.05) is 19.7 Å². The van der Waals surface area contributed by atoms with Gasteiger partial charge in [0.2, 0.25) is 11.8 Å². The highest BCUT2D eigenvalue weighted by Gasteiger charge is 2.12. The van der Waals surface area contributed by atoms with Gasteiger partial charge < -0.3 is 10.6 Å². The number of aromatic nitrogens is 2. The highest BCUT2D eigenvalue weighted by Crippen LogP contribution is 2.07. The molecule has 0 saturated heterocycles. The fraction of sp³-hybridized carbons (Fsp3) is 0.312. The van der Waals surface area contributed by atoms with E-state index in [9.17, 15) is 9.59 Å². The molecule has 2 N–H and O–H groups in total. The summed E-state index contributed by atoms with van der Waals surface area (Å²) in [6, 6.07) is 9.31. The second kappa shape index (κ2) is 7.40. The predicted molar refractivity (Wildman–Crippen MR) is 83.6 cm³/mol. The number of carbonyl (C=O) groups excluding carboxylic acids is 2. The summed E-state index contributed by atoms with van der Waals surface area (Å²) < 4.78 is 1.80. The SMILES string of the molecule is CC(=O)NC(C)C(=O)NCCc1cnn(-c2ccccc2)c1. The van der Waals surface area contributed by atoms with Gasteiger partial charge in [0.1, 0.15) is 6.04 Å². The first-order valence-corrected chi connectivity index (χ1v) is 7.20. The highest BCUT2D eigenvalue weighted by molar-refractivity contribution is 5.86. The number of nitrogens with one attached hydrogen (secondary N) is 2.